The molecule has 0 radical (unpaired) electrons. The fraction of sp³-hybridized carbons (Fsp3) is 0.273. The Morgan fingerprint density at radius 3 is 2.75 bits per heavy atom. The molecule has 0 aliphatic rings. The lowest BCUT2D eigenvalue weighted by Crippen LogP contribution is -2.34. The van der Waals surface area contributed by atoms with Crippen LogP contribution in [0.3, 0.4) is 0 Å². The topological polar surface area (TPSA) is 110 Å². The highest BCUT2D eigenvalue weighted by Crippen LogP contribution is 2.18. The minimum atomic E-state index is -4.01. The van der Waals surface area contributed by atoms with Gasteiger partial charge < -0.3 is 5.11 Å². The van der Waals surface area contributed by atoms with E-state index in [2.05, 4.69) is 4.72 Å². The van der Waals surface area contributed by atoms with Crippen molar-refractivity contribution in [1.29, 1.82) is 5.26 Å². The van der Waals surface area contributed by atoms with Crippen LogP contribution in [0.2, 0.25) is 0 Å². The van der Waals surface area contributed by atoms with E-state index in [-0.39, 0.29) is 24.2 Å². The second-order valence-electron chi connectivity index (χ2n) is 3.87. The van der Waals surface area contributed by atoms with Gasteiger partial charge in [0.25, 0.3) is 0 Å². The predicted octanol–water partition coefficient (Wildman–Crippen LogP) is 0.761. The molecule has 0 aromatic heterocycles. The van der Waals surface area contributed by atoms with Crippen LogP contribution in [0.15, 0.2) is 18.2 Å². The molecule has 0 bridgehead atoms. The van der Waals surface area contributed by atoms with Gasteiger partial charge in [-0.25, -0.2) is 4.39 Å². The number of halogens is 1. The Hall–Kier alpha value is -2.18. The van der Waals surface area contributed by atoms with Gasteiger partial charge in [-0.2, -0.15) is 18.0 Å². The maximum absolute atomic E-state index is 12.9. The quantitative estimate of drug-likeness (QED) is 0.806. The fourth-order valence-electron chi connectivity index (χ4n) is 1.29. The molecule has 0 aliphatic carbocycles. The molecule has 2 N–H and O–H groups in total. The standard InChI is InChI=1S/C11H12FN3O4S/c1-15(5-4-11(16)17)20(18,19)14-10-3-2-9(12)6-8(10)7-13/h2-3,6,14H,4-5H2,1H3,(H,16,17). The van der Waals surface area contributed by atoms with Crippen molar-refractivity contribution in [3.8, 4) is 6.07 Å². The zero-order chi connectivity index (χ0) is 15.3. The van der Waals surface area contributed by atoms with Crippen molar-refractivity contribution in [2.75, 3.05) is 18.3 Å². The van der Waals surface area contributed by atoms with Crippen molar-refractivity contribution in [2.45, 2.75) is 6.42 Å². The summed E-state index contributed by atoms with van der Waals surface area (Å²) in [6.45, 7) is -0.228. The Balaban J connectivity index is 2.91. The highest BCUT2D eigenvalue weighted by Gasteiger charge is 2.19. The first-order valence-electron chi connectivity index (χ1n) is 5.42. The molecule has 7 nitrogen and oxygen atoms in total. The van der Waals surface area contributed by atoms with Crippen LogP contribution in [-0.2, 0) is 15.0 Å². The number of hydrogen-bond donors (Lipinski definition) is 2. The molecule has 0 amide bonds. The molecular weight excluding hydrogens is 289 g/mol. The largest absolute Gasteiger partial charge is 0.481 e. The number of anilines is 1. The third-order valence-corrected chi connectivity index (χ3v) is 3.87. The molecule has 0 heterocycles. The first-order chi connectivity index (χ1) is 9.26. The van der Waals surface area contributed by atoms with E-state index in [4.69, 9.17) is 10.4 Å². The minimum absolute atomic E-state index is 0.0731. The zero-order valence-electron chi connectivity index (χ0n) is 10.5. The van der Waals surface area contributed by atoms with E-state index in [1.807, 2.05) is 0 Å². The highest BCUT2D eigenvalue weighted by molar-refractivity contribution is 7.90. The fourth-order valence-corrected chi connectivity index (χ4v) is 2.23. The number of rotatable bonds is 6. The Labute approximate surface area is 115 Å². The van der Waals surface area contributed by atoms with Gasteiger partial charge in [0.15, 0.2) is 0 Å². The molecule has 20 heavy (non-hydrogen) atoms. The number of nitrogens with one attached hydrogen (secondary N) is 1. The molecule has 1 aromatic rings. The normalized spacial score (nSPS) is 11.1. The monoisotopic (exact) mass is 301 g/mol. The van der Waals surface area contributed by atoms with Crippen molar-refractivity contribution in [2.24, 2.45) is 0 Å². The van der Waals surface area contributed by atoms with Crippen LogP contribution >= 0.6 is 0 Å². The van der Waals surface area contributed by atoms with Gasteiger partial charge in [-0.1, -0.05) is 0 Å². The number of nitriles is 1. The number of carboxylic acids is 1. The van der Waals surface area contributed by atoms with E-state index in [1.165, 1.54) is 7.05 Å². The molecule has 108 valence electrons. The van der Waals surface area contributed by atoms with Gasteiger partial charge in [-0.3, -0.25) is 9.52 Å². The van der Waals surface area contributed by atoms with Gasteiger partial charge in [0.1, 0.15) is 11.9 Å². The summed E-state index contributed by atoms with van der Waals surface area (Å²) >= 11 is 0. The molecule has 9 heteroatoms. The van der Waals surface area contributed by atoms with E-state index in [0.717, 1.165) is 22.5 Å². The Morgan fingerprint density at radius 1 is 1.55 bits per heavy atom. The van der Waals surface area contributed by atoms with E-state index >= 15 is 0 Å². The summed E-state index contributed by atoms with van der Waals surface area (Å²) < 4.78 is 39.6. The molecule has 0 saturated heterocycles. The van der Waals surface area contributed by atoms with E-state index in [0.29, 0.717) is 0 Å². The average molecular weight is 301 g/mol. The second-order valence-corrected chi connectivity index (χ2v) is 5.65. The lowest BCUT2D eigenvalue weighted by molar-refractivity contribution is -0.137. The maximum atomic E-state index is 12.9. The minimum Gasteiger partial charge on any atom is -0.481 e. The van der Waals surface area contributed by atoms with E-state index < -0.39 is 22.0 Å². The summed E-state index contributed by atoms with van der Waals surface area (Å²) in [4.78, 5) is 10.4. The number of aliphatic carboxylic acids is 1. The number of carboxylic acid groups (broad SMARTS) is 1. The number of benzene rings is 1. The molecule has 0 saturated carbocycles. The summed E-state index contributed by atoms with van der Waals surface area (Å²) in [6.07, 6.45) is -0.355. The highest BCUT2D eigenvalue weighted by atomic mass is 32.2. The average Bonchev–Trinajstić information content (AvgIpc) is 2.37. The molecule has 1 aromatic carbocycles. The first-order valence-corrected chi connectivity index (χ1v) is 6.86. The number of carbonyl (C=O) groups is 1. The van der Waals surface area contributed by atoms with Crippen LogP contribution in [0.1, 0.15) is 12.0 Å². The third kappa shape index (κ3) is 4.18. The van der Waals surface area contributed by atoms with Crippen LogP contribution in [0.5, 0.6) is 0 Å². The van der Waals surface area contributed by atoms with Crippen molar-refractivity contribution >= 4 is 21.9 Å². The molecule has 0 aliphatic heterocycles. The molecule has 0 fully saturated rings. The van der Waals surface area contributed by atoms with Crippen molar-refractivity contribution in [3.63, 3.8) is 0 Å². The molecule has 0 atom stereocenters. The lowest BCUT2D eigenvalue weighted by Gasteiger charge is -2.17. The predicted molar refractivity (Wildman–Crippen MR) is 68.5 cm³/mol. The van der Waals surface area contributed by atoms with Crippen LogP contribution in [-0.4, -0.2) is 37.4 Å². The number of hydrogen-bond acceptors (Lipinski definition) is 4. The van der Waals surface area contributed by atoms with Crippen LogP contribution < -0.4 is 4.72 Å². The van der Waals surface area contributed by atoms with Crippen LogP contribution in [0.25, 0.3) is 0 Å². The Bertz CT molecular complexity index is 654. The molecule has 0 spiro atoms. The summed E-state index contributed by atoms with van der Waals surface area (Å²) in [5.74, 6) is -1.80. The van der Waals surface area contributed by atoms with Gasteiger partial charge >= 0.3 is 16.2 Å². The van der Waals surface area contributed by atoms with Crippen LogP contribution in [0, 0.1) is 17.1 Å². The van der Waals surface area contributed by atoms with Gasteiger partial charge in [0, 0.05) is 13.6 Å². The van der Waals surface area contributed by atoms with E-state index in [9.17, 15) is 17.6 Å². The first kappa shape index (κ1) is 15.9. The van der Waals surface area contributed by atoms with Gasteiger partial charge in [0.2, 0.25) is 0 Å². The molecule has 1 rings (SSSR count). The van der Waals surface area contributed by atoms with Gasteiger partial charge in [0.05, 0.1) is 17.7 Å². The van der Waals surface area contributed by atoms with Gasteiger partial charge in [-0.05, 0) is 18.2 Å². The smallest absolute Gasteiger partial charge is 0.304 e. The van der Waals surface area contributed by atoms with Crippen molar-refractivity contribution in [3.05, 3.63) is 29.6 Å². The number of nitrogens with zero attached hydrogens (tertiary/aromatic N) is 2. The summed E-state index contributed by atoms with van der Waals surface area (Å²) in [5, 5.41) is 17.3. The van der Waals surface area contributed by atoms with Gasteiger partial charge in [-0.15, -0.1) is 0 Å². The molecular formula is C11H12FN3O4S. The SMILES string of the molecule is CN(CCC(=O)O)S(=O)(=O)Nc1ccc(F)cc1C#N. The zero-order valence-corrected chi connectivity index (χ0v) is 11.3. The van der Waals surface area contributed by atoms with Crippen LogP contribution in [0.4, 0.5) is 10.1 Å². The third-order valence-electron chi connectivity index (χ3n) is 2.39. The van der Waals surface area contributed by atoms with E-state index in [1.54, 1.807) is 6.07 Å². The van der Waals surface area contributed by atoms with Crippen molar-refractivity contribution in [1.82, 2.24) is 4.31 Å². The molecule has 0 unspecified atom stereocenters. The summed E-state index contributed by atoms with van der Waals surface area (Å²) in [6, 6.07) is 4.70. The summed E-state index contributed by atoms with van der Waals surface area (Å²) in [7, 11) is -2.81. The summed E-state index contributed by atoms with van der Waals surface area (Å²) in [5.41, 5.74) is -0.240. The maximum Gasteiger partial charge on any atom is 0.304 e. The lowest BCUT2D eigenvalue weighted by atomic mass is 10.2. The Kier molecular flexibility index (Phi) is 5.01. The van der Waals surface area contributed by atoms with Crippen molar-refractivity contribution < 1.29 is 22.7 Å². The second kappa shape index (κ2) is 6.31. The Morgan fingerprint density at radius 2 is 2.20 bits per heavy atom.